The Balaban J connectivity index is 1.74. The van der Waals surface area contributed by atoms with E-state index in [0.717, 1.165) is 27.3 Å². The zero-order chi connectivity index (χ0) is 30.2. The highest BCUT2D eigenvalue weighted by molar-refractivity contribution is 7.92. The minimum Gasteiger partial charge on any atom is -0.466 e. The average Bonchev–Trinajstić information content (AvgIpc) is 3.28. The van der Waals surface area contributed by atoms with Gasteiger partial charge in [0.2, 0.25) is 15.9 Å². The minimum absolute atomic E-state index is 0.0492. The van der Waals surface area contributed by atoms with Crippen LogP contribution in [0.25, 0.3) is 0 Å². The zero-order valence-corrected chi connectivity index (χ0v) is 26.1. The molecule has 1 aliphatic rings. The number of carbonyl (C=O) groups is 3. The molecule has 0 unspecified atom stereocenters. The Hall–Kier alpha value is -3.12. The third-order valence-electron chi connectivity index (χ3n) is 6.28. The fourth-order valence-corrected chi connectivity index (χ4v) is 6.83. The number of hydrogen-bond donors (Lipinski definition) is 2. The van der Waals surface area contributed by atoms with Crippen molar-refractivity contribution in [2.24, 2.45) is 0 Å². The van der Waals surface area contributed by atoms with Crippen LogP contribution in [0, 0.1) is 0 Å². The molecule has 1 aromatic carbocycles. The summed E-state index contributed by atoms with van der Waals surface area (Å²) < 4.78 is 37.6. The van der Waals surface area contributed by atoms with Crippen molar-refractivity contribution in [2.75, 3.05) is 23.6 Å². The molecule has 2 N–H and O–H groups in total. The smallest absolute Gasteiger partial charge is 0.408 e. The number of amides is 2. The van der Waals surface area contributed by atoms with Gasteiger partial charge in [0.05, 0.1) is 18.8 Å². The number of esters is 1. The molecule has 2 aromatic rings. The van der Waals surface area contributed by atoms with E-state index in [1.54, 1.807) is 68.2 Å². The fourth-order valence-electron chi connectivity index (χ4n) is 4.40. The molecule has 0 aliphatic carbocycles. The Morgan fingerprint density at radius 1 is 1.12 bits per heavy atom. The van der Waals surface area contributed by atoms with Gasteiger partial charge >= 0.3 is 12.1 Å². The summed E-state index contributed by atoms with van der Waals surface area (Å²) in [4.78, 5) is 42.1. The normalized spacial score (nSPS) is 14.1. The monoisotopic (exact) mass is 607 g/mol. The summed E-state index contributed by atoms with van der Waals surface area (Å²) in [5.74, 6) is -0.474. The molecule has 0 saturated heterocycles. The highest BCUT2D eigenvalue weighted by Gasteiger charge is 2.31. The number of ether oxygens (including phenoxy) is 2. The Morgan fingerprint density at radius 2 is 1.83 bits per heavy atom. The molecule has 0 saturated carbocycles. The highest BCUT2D eigenvalue weighted by atomic mass is 32.2. The molecule has 12 heteroatoms. The summed E-state index contributed by atoms with van der Waals surface area (Å²) in [5.41, 5.74) is 1.44. The number of carbonyl (C=O) groups excluding carboxylic acids is 3. The maximum Gasteiger partial charge on any atom is 0.408 e. The second kappa shape index (κ2) is 14.2. The molecular weight excluding hydrogens is 566 g/mol. The maximum absolute atomic E-state index is 13.7. The number of rotatable bonds is 12. The Labute approximate surface area is 246 Å². The third kappa shape index (κ3) is 10.3. The van der Waals surface area contributed by atoms with Crippen molar-refractivity contribution in [1.82, 2.24) is 10.2 Å². The molecular formula is C29H41N3O7S2. The van der Waals surface area contributed by atoms with Crippen LogP contribution in [0.3, 0.4) is 0 Å². The highest BCUT2D eigenvalue weighted by Crippen LogP contribution is 2.29. The largest absolute Gasteiger partial charge is 0.466 e. The molecule has 0 fully saturated rings. The summed E-state index contributed by atoms with van der Waals surface area (Å²) in [5, 5.41) is 2.74. The number of anilines is 1. The number of unbranched alkanes of at least 4 members (excludes halogenated alkanes) is 1. The van der Waals surface area contributed by atoms with Crippen LogP contribution < -0.4 is 10.0 Å². The first-order chi connectivity index (χ1) is 19.3. The number of alkyl carbamates (subject to hydrolysis) is 1. The van der Waals surface area contributed by atoms with Crippen LogP contribution in [0.4, 0.5) is 10.5 Å². The summed E-state index contributed by atoms with van der Waals surface area (Å²) in [6.07, 6.45) is 1.71. The van der Waals surface area contributed by atoms with Crippen molar-refractivity contribution >= 4 is 45.0 Å². The first-order valence-electron chi connectivity index (χ1n) is 13.9. The second-order valence-electron chi connectivity index (χ2n) is 11.0. The van der Waals surface area contributed by atoms with E-state index in [4.69, 9.17) is 9.47 Å². The van der Waals surface area contributed by atoms with E-state index in [1.807, 2.05) is 13.0 Å². The van der Waals surface area contributed by atoms with Gasteiger partial charge in [-0.1, -0.05) is 25.5 Å². The van der Waals surface area contributed by atoms with E-state index in [9.17, 15) is 22.8 Å². The van der Waals surface area contributed by atoms with Gasteiger partial charge in [-0.2, -0.15) is 0 Å². The van der Waals surface area contributed by atoms with Gasteiger partial charge in [-0.25, -0.2) is 13.2 Å². The molecule has 0 spiro atoms. The predicted molar refractivity (Wildman–Crippen MR) is 159 cm³/mol. The van der Waals surface area contributed by atoms with Crippen LogP contribution in [-0.2, 0) is 54.9 Å². The third-order valence-corrected chi connectivity index (χ3v) is 8.89. The van der Waals surface area contributed by atoms with Gasteiger partial charge in [0.1, 0.15) is 11.6 Å². The van der Waals surface area contributed by atoms with E-state index in [1.165, 1.54) is 0 Å². The summed E-state index contributed by atoms with van der Waals surface area (Å²) in [6, 6.07) is 7.84. The Morgan fingerprint density at radius 3 is 2.46 bits per heavy atom. The zero-order valence-electron chi connectivity index (χ0n) is 24.4. The molecule has 0 radical (unpaired) electrons. The molecule has 1 aliphatic heterocycles. The van der Waals surface area contributed by atoms with Gasteiger partial charge in [-0.3, -0.25) is 14.3 Å². The summed E-state index contributed by atoms with van der Waals surface area (Å²) >= 11 is 1.56. The summed E-state index contributed by atoms with van der Waals surface area (Å²) in [6.45, 7) is 10.1. The Bertz CT molecular complexity index is 1310. The maximum atomic E-state index is 13.7. The number of nitrogens with one attached hydrogen (secondary N) is 2. The average molecular weight is 608 g/mol. The van der Waals surface area contributed by atoms with E-state index in [-0.39, 0.29) is 30.5 Å². The van der Waals surface area contributed by atoms with Crippen LogP contribution in [0.1, 0.15) is 68.3 Å². The number of hydrogen-bond acceptors (Lipinski definition) is 8. The second-order valence-corrected chi connectivity index (χ2v) is 14.1. The predicted octanol–water partition coefficient (Wildman–Crippen LogP) is 4.42. The standard InChI is InChI=1S/C29H41N3O7S2/c1-6-8-15-41(36,37)31-22-11-9-20(10-12-22)16-24(30-28(35)39-29(3,4)5)27(34)32-14-13-25-21(19-32)17-23(40-25)18-26(33)38-7-2/h9-12,17,24,31H,6-8,13-16,18-19H2,1-5H3,(H,30,35)/t24-/m0/s1. The van der Waals surface area contributed by atoms with Crippen LogP contribution in [-0.4, -0.2) is 61.8 Å². The van der Waals surface area contributed by atoms with Gasteiger partial charge in [0, 0.05) is 35.0 Å². The molecule has 10 nitrogen and oxygen atoms in total. The SMILES string of the molecule is CCCCS(=O)(=O)Nc1ccc(C[C@H](NC(=O)OC(C)(C)C)C(=O)N2CCc3sc(CC(=O)OCC)cc3C2)cc1. The van der Waals surface area contributed by atoms with Crippen molar-refractivity contribution in [3.63, 3.8) is 0 Å². The van der Waals surface area contributed by atoms with Gasteiger partial charge in [0.25, 0.3) is 0 Å². The molecule has 41 heavy (non-hydrogen) atoms. The first-order valence-corrected chi connectivity index (χ1v) is 16.4. The topological polar surface area (TPSA) is 131 Å². The number of nitrogens with zero attached hydrogens (tertiary/aromatic N) is 1. The summed E-state index contributed by atoms with van der Waals surface area (Å²) in [7, 11) is -3.44. The van der Waals surface area contributed by atoms with Crippen LogP contribution in [0.15, 0.2) is 30.3 Å². The van der Waals surface area contributed by atoms with E-state index in [2.05, 4.69) is 10.0 Å². The van der Waals surface area contributed by atoms with Crippen molar-refractivity contribution < 1.29 is 32.3 Å². The lowest BCUT2D eigenvalue weighted by Gasteiger charge is -2.31. The van der Waals surface area contributed by atoms with Gasteiger partial charge in [-0.15, -0.1) is 11.3 Å². The fraction of sp³-hybridized carbons (Fsp3) is 0.552. The first kappa shape index (κ1) is 32.4. The van der Waals surface area contributed by atoms with E-state index < -0.39 is 27.8 Å². The number of thiophene rings is 1. The lowest BCUT2D eigenvalue weighted by molar-refractivity contribution is -0.142. The lowest BCUT2D eigenvalue weighted by Crippen LogP contribution is -2.51. The number of fused-ring (bicyclic) bond motifs is 1. The molecule has 2 heterocycles. The number of benzene rings is 1. The van der Waals surface area contributed by atoms with Crippen LogP contribution >= 0.6 is 11.3 Å². The number of sulfonamides is 1. The molecule has 0 bridgehead atoms. The van der Waals surface area contributed by atoms with Gasteiger partial charge in [-0.05, 0) is 69.9 Å². The van der Waals surface area contributed by atoms with Crippen molar-refractivity contribution in [3.05, 3.63) is 51.2 Å². The molecule has 1 atom stereocenters. The van der Waals surface area contributed by atoms with Crippen molar-refractivity contribution in [1.29, 1.82) is 0 Å². The Kier molecular flexibility index (Phi) is 11.2. The van der Waals surface area contributed by atoms with E-state index in [0.29, 0.717) is 38.2 Å². The van der Waals surface area contributed by atoms with Crippen LogP contribution in [0.2, 0.25) is 0 Å². The lowest BCUT2D eigenvalue weighted by atomic mass is 10.0. The molecule has 2 amide bonds. The van der Waals surface area contributed by atoms with Gasteiger partial charge in [0.15, 0.2) is 0 Å². The van der Waals surface area contributed by atoms with Gasteiger partial charge < -0.3 is 19.7 Å². The van der Waals surface area contributed by atoms with Crippen molar-refractivity contribution in [2.45, 2.75) is 84.9 Å². The minimum atomic E-state index is -3.44. The molecule has 3 rings (SSSR count). The quantitative estimate of drug-likeness (QED) is 0.342. The van der Waals surface area contributed by atoms with Crippen LogP contribution in [0.5, 0.6) is 0 Å². The van der Waals surface area contributed by atoms with Crippen molar-refractivity contribution in [3.8, 4) is 0 Å². The molecule has 226 valence electrons. The molecule has 1 aromatic heterocycles. The van der Waals surface area contributed by atoms with E-state index >= 15 is 0 Å².